The quantitative estimate of drug-likeness (QED) is 0.831. The van der Waals surface area contributed by atoms with Gasteiger partial charge in [0.1, 0.15) is 6.04 Å². The van der Waals surface area contributed by atoms with E-state index in [0.29, 0.717) is 0 Å². The summed E-state index contributed by atoms with van der Waals surface area (Å²) >= 11 is 0. The van der Waals surface area contributed by atoms with Crippen LogP contribution in [0.25, 0.3) is 0 Å². The average molecular weight is 347 g/mol. The first kappa shape index (κ1) is 18.4. The van der Waals surface area contributed by atoms with Crippen molar-refractivity contribution in [3.8, 4) is 5.88 Å². The maximum Gasteiger partial charge on any atom is 0.410 e. The number of hydrogen-bond acceptors (Lipinski definition) is 5. The van der Waals surface area contributed by atoms with Crippen LogP contribution in [-0.2, 0) is 11.8 Å². The number of hydrogen-bond donors (Lipinski definition) is 1. The van der Waals surface area contributed by atoms with Crippen molar-refractivity contribution in [1.29, 1.82) is 0 Å². The van der Waals surface area contributed by atoms with Crippen LogP contribution in [0.1, 0.15) is 37.0 Å². The lowest BCUT2D eigenvalue weighted by atomic mass is 9.86. The van der Waals surface area contributed by atoms with E-state index in [1.54, 1.807) is 13.8 Å². The first-order valence-electron chi connectivity index (χ1n) is 7.61. The molecule has 0 fully saturated rings. The number of halogens is 3. The molecule has 134 valence electrons. The lowest BCUT2D eigenvalue weighted by Gasteiger charge is -2.28. The van der Waals surface area contributed by atoms with E-state index >= 15 is 0 Å². The first-order valence-corrected chi connectivity index (χ1v) is 7.61. The second-order valence-corrected chi connectivity index (χ2v) is 6.04. The van der Waals surface area contributed by atoms with Gasteiger partial charge in [0.15, 0.2) is 5.78 Å². The molecule has 1 aliphatic rings. The number of nitrogens with zero attached hydrogens (tertiary/aromatic N) is 3. The summed E-state index contributed by atoms with van der Waals surface area (Å²) in [5.41, 5.74) is 0.0377. The zero-order chi connectivity index (χ0) is 18.1. The van der Waals surface area contributed by atoms with Crippen molar-refractivity contribution in [3.05, 3.63) is 11.8 Å². The van der Waals surface area contributed by atoms with Crippen LogP contribution in [0.5, 0.6) is 5.88 Å². The topological polar surface area (TPSA) is 76.7 Å². The highest BCUT2D eigenvalue weighted by Crippen LogP contribution is 2.34. The Labute approximate surface area is 137 Å². The summed E-state index contributed by atoms with van der Waals surface area (Å²) in [7, 11) is 1.46. The molecule has 1 aromatic rings. The SMILES string of the molecule is CC(C)OCC1=NC(C(F)(F)F)CCC1C(=O)c1cnn(C)c1O. The van der Waals surface area contributed by atoms with Crippen LogP contribution in [0.4, 0.5) is 13.2 Å². The number of aryl methyl sites for hydroxylation is 1. The highest BCUT2D eigenvalue weighted by molar-refractivity contribution is 6.14. The summed E-state index contributed by atoms with van der Waals surface area (Å²) in [5.74, 6) is -1.66. The fourth-order valence-corrected chi connectivity index (χ4v) is 2.55. The Morgan fingerprint density at radius 1 is 1.46 bits per heavy atom. The minimum atomic E-state index is -4.45. The van der Waals surface area contributed by atoms with Crippen LogP contribution in [0.2, 0.25) is 0 Å². The molecule has 2 atom stereocenters. The van der Waals surface area contributed by atoms with Gasteiger partial charge in [-0.25, -0.2) is 4.68 Å². The van der Waals surface area contributed by atoms with Crippen molar-refractivity contribution in [1.82, 2.24) is 9.78 Å². The normalized spacial score (nSPS) is 21.9. The number of aromatic nitrogens is 2. The summed E-state index contributed by atoms with van der Waals surface area (Å²) in [4.78, 5) is 16.3. The largest absolute Gasteiger partial charge is 0.493 e. The summed E-state index contributed by atoms with van der Waals surface area (Å²) in [6.07, 6.45) is -3.73. The number of Topliss-reactive ketones (excluding diaryl/α,β-unsaturated/α-hetero) is 1. The van der Waals surface area contributed by atoms with Crippen LogP contribution >= 0.6 is 0 Å². The molecule has 0 aromatic carbocycles. The summed E-state index contributed by atoms with van der Waals surface area (Å²) in [5, 5.41) is 13.6. The molecular weight excluding hydrogens is 327 g/mol. The standard InChI is InChI=1S/C15H20F3N3O3/c1-8(2)24-7-11-9(4-5-12(20-11)15(16,17)18)13(22)10-6-19-21(3)14(10)23/h6,8-9,12,23H,4-5,7H2,1-3H3. The summed E-state index contributed by atoms with van der Waals surface area (Å²) < 4.78 is 45.3. The van der Waals surface area contributed by atoms with Crippen molar-refractivity contribution in [2.24, 2.45) is 18.0 Å². The van der Waals surface area contributed by atoms with E-state index in [2.05, 4.69) is 10.1 Å². The maximum absolute atomic E-state index is 12.9. The second-order valence-electron chi connectivity index (χ2n) is 6.04. The van der Waals surface area contributed by atoms with E-state index < -0.39 is 23.9 Å². The van der Waals surface area contributed by atoms with Gasteiger partial charge in [0, 0.05) is 12.8 Å². The molecule has 0 spiro atoms. The molecule has 0 radical (unpaired) electrons. The van der Waals surface area contributed by atoms with E-state index in [1.165, 1.54) is 13.2 Å². The van der Waals surface area contributed by atoms with Crippen LogP contribution in [0.15, 0.2) is 11.2 Å². The Morgan fingerprint density at radius 2 is 2.12 bits per heavy atom. The molecule has 1 N–H and O–H groups in total. The maximum atomic E-state index is 12.9. The number of alkyl halides is 3. The number of carbonyl (C=O) groups is 1. The second kappa shape index (κ2) is 6.92. The summed E-state index contributed by atoms with van der Waals surface area (Å²) in [6.45, 7) is 3.34. The molecule has 2 heterocycles. The van der Waals surface area contributed by atoms with Gasteiger partial charge in [-0.15, -0.1) is 0 Å². The fourth-order valence-electron chi connectivity index (χ4n) is 2.55. The number of ether oxygens (including phenoxy) is 1. The Balaban J connectivity index is 2.29. The third-order valence-electron chi connectivity index (χ3n) is 3.88. The third kappa shape index (κ3) is 3.95. The van der Waals surface area contributed by atoms with Crippen LogP contribution in [-0.4, -0.2) is 51.3 Å². The van der Waals surface area contributed by atoms with Gasteiger partial charge in [-0.1, -0.05) is 0 Å². The molecule has 0 bridgehead atoms. The van der Waals surface area contributed by atoms with Gasteiger partial charge < -0.3 is 9.84 Å². The number of carbonyl (C=O) groups excluding carboxylic acids is 1. The van der Waals surface area contributed by atoms with Crippen molar-refractivity contribution in [2.75, 3.05) is 6.61 Å². The highest BCUT2D eigenvalue weighted by Gasteiger charge is 2.44. The van der Waals surface area contributed by atoms with Gasteiger partial charge in [0.2, 0.25) is 5.88 Å². The van der Waals surface area contributed by atoms with Crippen LogP contribution < -0.4 is 0 Å². The monoisotopic (exact) mass is 347 g/mol. The van der Waals surface area contributed by atoms with Crippen molar-refractivity contribution < 1.29 is 27.8 Å². The predicted molar refractivity (Wildman–Crippen MR) is 80.3 cm³/mol. The smallest absolute Gasteiger partial charge is 0.410 e. The van der Waals surface area contributed by atoms with Gasteiger partial charge >= 0.3 is 6.18 Å². The fraction of sp³-hybridized carbons (Fsp3) is 0.667. The minimum Gasteiger partial charge on any atom is -0.493 e. The Bertz CT molecular complexity index is 638. The van der Waals surface area contributed by atoms with E-state index in [4.69, 9.17) is 4.74 Å². The molecule has 9 heteroatoms. The van der Waals surface area contributed by atoms with Gasteiger partial charge in [0.05, 0.1) is 30.4 Å². The molecule has 6 nitrogen and oxygen atoms in total. The van der Waals surface area contributed by atoms with Gasteiger partial charge in [-0.3, -0.25) is 9.79 Å². The molecule has 1 aliphatic heterocycles. The first-order chi connectivity index (χ1) is 11.1. The average Bonchev–Trinajstić information content (AvgIpc) is 2.83. The molecule has 0 saturated heterocycles. The molecule has 2 rings (SSSR count). The zero-order valence-electron chi connectivity index (χ0n) is 13.7. The number of aromatic hydroxyl groups is 1. The molecule has 1 aromatic heterocycles. The van der Waals surface area contributed by atoms with Crippen molar-refractivity contribution in [3.63, 3.8) is 0 Å². The third-order valence-corrected chi connectivity index (χ3v) is 3.88. The zero-order valence-corrected chi connectivity index (χ0v) is 13.7. The van der Waals surface area contributed by atoms with E-state index in [1.807, 2.05) is 0 Å². The number of aliphatic imine (C=N–C) groups is 1. The number of rotatable bonds is 5. The minimum absolute atomic E-state index is 0.00235. The highest BCUT2D eigenvalue weighted by atomic mass is 19.4. The van der Waals surface area contributed by atoms with E-state index in [-0.39, 0.29) is 42.7 Å². The lowest BCUT2D eigenvalue weighted by Crippen LogP contribution is -2.39. The van der Waals surface area contributed by atoms with Crippen molar-refractivity contribution in [2.45, 2.75) is 45.0 Å². The Kier molecular flexibility index (Phi) is 5.32. The van der Waals surface area contributed by atoms with Gasteiger partial charge in [-0.05, 0) is 26.7 Å². The van der Waals surface area contributed by atoms with Gasteiger partial charge in [0.25, 0.3) is 0 Å². The lowest BCUT2D eigenvalue weighted by molar-refractivity contribution is -0.149. The molecule has 0 amide bonds. The molecular formula is C15H20F3N3O3. The molecule has 0 saturated carbocycles. The van der Waals surface area contributed by atoms with Crippen LogP contribution in [0.3, 0.4) is 0 Å². The molecule has 24 heavy (non-hydrogen) atoms. The Hall–Kier alpha value is -1.90. The number of ketones is 1. The predicted octanol–water partition coefficient (Wildman–Crippen LogP) is 2.52. The van der Waals surface area contributed by atoms with Crippen LogP contribution in [0, 0.1) is 5.92 Å². The van der Waals surface area contributed by atoms with Crippen molar-refractivity contribution >= 4 is 11.5 Å². The van der Waals surface area contributed by atoms with Gasteiger partial charge in [-0.2, -0.15) is 18.3 Å². The van der Waals surface area contributed by atoms with E-state index in [9.17, 15) is 23.1 Å². The molecule has 0 aliphatic carbocycles. The Morgan fingerprint density at radius 3 is 2.62 bits per heavy atom. The summed E-state index contributed by atoms with van der Waals surface area (Å²) in [6, 6.07) is -1.82. The van der Waals surface area contributed by atoms with E-state index in [0.717, 1.165) is 4.68 Å². The molecule has 2 unspecified atom stereocenters.